The molecular formula is C27H34N8O2S. The van der Waals surface area contributed by atoms with Crippen molar-refractivity contribution in [2.75, 3.05) is 23.3 Å². The van der Waals surface area contributed by atoms with Gasteiger partial charge in [-0.3, -0.25) is 0 Å². The van der Waals surface area contributed by atoms with Crippen LogP contribution in [0.25, 0.3) is 16.7 Å². The van der Waals surface area contributed by atoms with Gasteiger partial charge in [-0.25, -0.2) is 23.1 Å². The predicted molar refractivity (Wildman–Crippen MR) is 151 cm³/mol. The van der Waals surface area contributed by atoms with Gasteiger partial charge in [-0.2, -0.15) is 4.98 Å². The fourth-order valence-electron chi connectivity index (χ4n) is 4.53. The largest absolute Gasteiger partial charge is 0.351 e. The van der Waals surface area contributed by atoms with Crippen molar-refractivity contribution >= 4 is 38.5 Å². The third-order valence-corrected chi connectivity index (χ3v) is 8.13. The zero-order valence-corrected chi connectivity index (χ0v) is 23.1. The molecule has 1 aromatic carbocycles. The average Bonchev–Trinajstić information content (AvgIpc) is 3.28. The molecule has 0 spiro atoms. The standard InChI is InChI=1S/C27H34N8O2S/c1-18-17-35(19(2)14-28-18)24-11-6-21(16-29-24)31-26-30-15-20-12-13-34(25(20)32-26)22-7-9-23(10-8-22)38(36,37)33-27(3,4)5/h6-13,15-16,18-19,28,33H,14,17H2,1-5H3,(H,30,31,32). The number of hydrogen-bond acceptors (Lipinski definition) is 8. The molecule has 11 heteroatoms. The molecule has 10 nitrogen and oxygen atoms in total. The second-order valence-corrected chi connectivity index (χ2v) is 12.5. The molecule has 0 radical (unpaired) electrons. The minimum atomic E-state index is -3.61. The molecule has 3 aromatic heterocycles. The first-order chi connectivity index (χ1) is 18.0. The van der Waals surface area contributed by atoms with Crippen LogP contribution in [0.2, 0.25) is 0 Å². The van der Waals surface area contributed by atoms with Gasteiger partial charge in [0.1, 0.15) is 11.5 Å². The van der Waals surface area contributed by atoms with Crippen LogP contribution in [-0.2, 0) is 10.0 Å². The average molecular weight is 535 g/mol. The van der Waals surface area contributed by atoms with Gasteiger partial charge in [0.2, 0.25) is 16.0 Å². The number of nitrogens with zero attached hydrogens (tertiary/aromatic N) is 5. The number of aromatic nitrogens is 4. The SMILES string of the molecule is CC1CN(c2ccc(Nc3ncc4ccn(-c5ccc(S(=O)(=O)NC(C)(C)C)cc5)c4n3)cn2)C(C)CN1. The Bertz CT molecular complexity index is 1530. The summed E-state index contributed by atoms with van der Waals surface area (Å²) in [6.07, 6.45) is 5.46. The molecule has 1 saturated heterocycles. The molecule has 4 aromatic rings. The van der Waals surface area contributed by atoms with E-state index in [-0.39, 0.29) is 4.90 Å². The molecule has 0 saturated carbocycles. The zero-order chi connectivity index (χ0) is 27.1. The molecule has 2 atom stereocenters. The van der Waals surface area contributed by atoms with Gasteiger partial charge >= 0.3 is 0 Å². The van der Waals surface area contributed by atoms with Gasteiger partial charge in [0.25, 0.3) is 0 Å². The Kier molecular flexibility index (Phi) is 6.84. The summed E-state index contributed by atoms with van der Waals surface area (Å²) in [5, 5.41) is 7.61. The van der Waals surface area contributed by atoms with Crippen LogP contribution in [0, 0.1) is 0 Å². The van der Waals surface area contributed by atoms with Gasteiger partial charge in [0, 0.05) is 54.2 Å². The minimum Gasteiger partial charge on any atom is -0.351 e. The van der Waals surface area contributed by atoms with Crippen molar-refractivity contribution in [2.24, 2.45) is 0 Å². The maximum absolute atomic E-state index is 12.7. The van der Waals surface area contributed by atoms with E-state index in [1.165, 1.54) is 0 Å². The topological polar surface area (TPSA) is 117 Å². The summed E-state index contributed by atoms with van der Waals surface area (Å²) in [7, 11) is -3.61. The number of rotatable bonds is 6. The lowest BCUT2D eigenvalue weighted by Crippen LogP contribution is -2.54. The van der Waals surface area contributed by atoms with Crippen LogP contribution in [-0.4, -0.2) is 58.6 Å². The number of benzene rings is 1. The molecular weight excluding hydrogens is 500 g/mol. The van der Waals surface area contributed by atoms with Crippen molar-refractivity contribution in [3.8, 4) is 5.69 Å². The lowest BCUT2D eigenvalue weighted by molar-refractivity contribution is 0.422. The van der Waals surface area contributed by atoms with E-state index in [0.717, 1.165) is 35.7 Å². The van der Waals surface area contributed by atoms with Crippen LogP contribution in [0.5, 0.6) is 0 Å². The molecule has 1 aliphatic heterocycles. The Balaban J connectivity index is 1.35. The maximum atomic E-state index is 12.7. The summed E-state index contributed by atoms with van der Waals surface area (Å²) in [5.41, 5.74) is 1.73. The highest BCUT2D eigenvalue weighted by molar-refractivity contribution is 7.89. The van der Waals surface area contributed by atoms with Crippen molar-refractivity contribution in [2.45, 2.75) is 57.1 Å². The van der Waals surface area contributed by atoms with Gasteiger partial charge in [-0.05, 0) is 77.1 Å². The Morgan fingerprint density at radius 2 is 1.76 bits per heavy atom. The molecule has 200 valence electrons. The van der Waals surface area contributed by atoms with E-state index in [4.69, 9.17) is 4.98 Å². The van der Waals surface area contributed by atoms with E-state index < -0.39 is 15.6 Å². The third kappa shape index (κ3) is 5.64. The zero-order valence-electron chi connectivity index (χ0n) is 22.3. The molecule has 1 aliphatic rings. The van der Waals surface area contributed by atoms with Crippen LogP contribution in [0.4, 0.5) is 17.5 Å². The first-order valence-corrected chi connectivity index (χ1v) is 14.2. The van der Waals surface area contributed by atoms with Gasteiger partial charge in [0.15, 0.2) is 0 Å². The van der Waals surface area contributed by atoms with E-state index in [1.807, 2.05) is 49.7 Å². The van der Waals surface area contributed by atoms with E-state index in [0.29, 0.717) is 23.7 Å². The summed E-state index contributed by atoms with van der Waals surface area (Å²) in [5.74, 6) is 1.40. The highest BCUT2D eigenvalue weighted by atomic mass is 32.2. The van der Waals surface area contributed by atoms with Crippen LogP contribution >= 0.6 is 0 Å². The van der Waals surface area contributed by atoms with Gasteiger partial charge in [0.05, 0.1) is 16.8 Å². The smallest absolute Gasteiger partial charge is 0.241 e. The molecule has 5 rings (SSSR count). The predicted octanol–water partition coefficient (Wildman–Crippen LogP) is 3.82. The molecule has 2 unspecified atom stereocenters. The Hall–Kier alpha value is -3.54. The normalized spacial score (nSPS) is 18.6. The number of hydrogen-bond donors (Lipinski definition) is 3. The number of anilines is 3. The van der Waals surface area contributed by atoms with E-state index in [1.54, 1.807) is 36.7 Å². The number of fused-ring (bicyclic) bond motifs is 1. The second-order valence-electron chi connectivity index (χ2n) is 10.8. The summed E-state index contributed by atoms with van der Waals surface area (Å²) in [6, 6.07) is 13.5. The van der Waals surface area contributed by atoms with Crippen molar-refractivity contribution in [1.29, 1.82) is 0 Å². The number of piperazine rings is 1. The highest BCUT2D eigenvalue weighted by Gasteiger charge is 2.24. The fourth-order valence-corrected chi connectivity index (χ4v) is 5.95. The minimum absolute atomic E-state index is 0.213. The van der Waals surface area contributed by atoms with Crippen molar-refractivity contribution in [3.63, 3.8) is 0 Å². The summed E-state index contributed by atoms with van der Waals surface area (Å²) in [6.45, 7) is 11.7. The first kappa shape index (κ1) is 26.1. The number of sulfonamides is 1. The number of pyridine rings is 1. The Morgan fingerprint density at radius 3 is 2.45 bits per heavy atom. The van der Waals surface area contributed by atoms with Crippen molar-refractivity contribution in [1.82, 2.24) is 29.6 Å². The third-order valence-electron chi connectivity index (χ3n) is 6.36. The van der Waals surface area contributed by atoms with Crippen LogP contribution in [0.3, 0.4) is 0 Å². The number of nitrogens with one attached hydrogen (secondary N) is 3. The lowest BCUT2D eigenvalue weighted by Gasteiger charge is -2.38. The maximum Gasteiger partial charge on any atom is 0.241 e. The highest BCUT2D eigenvalue weighted by Crippen LogP contribution is 2.24. The molecule has 0 aliphatic carbocycles. The first-order valence-electron chi connectivity index (χ1n) is 12.7. The van der Waals surface area contributed by atoms with E-state index >= 15 is 0 Å². The van der Waals surface area contributed by atoms with Gasteiger partial charge < -0.3 is 20.1 Å². The lowest BCUT2D eigenvalue weighted by atomic mass is 10.1. The van der Waals surface area contributed by atoms with E-state index in [2.05, 4.69) is 44.1 Å². The van der Waals surface area contributed by atoms with E-state index in [9.17, 15) is 8.42 Å². The molecule has 3 N–H and O–H groups in total. The monoisotopic (exact) mass is 534 g/mol. The molecule has 38 heavy (non-hydrogen) atoms. The summed E-state index contributed by atoms with van der Waals surface area (Å²) < 4.78 is 29.9. The molecule has 4 heterocycles. The Morgan fingerprint density at radius 1 is 1.00 bits per heavy atom. The van der Waals surface area contributed by atoms with Crippen molar-refractivity contribution in [3.05, 3.63) is 61.1 Å². The summed E-state index contributed by atoms with van der Waals surface area (Å²) >= 11 is 0. The van der Waals surface area contributed by atoms with Crippen LogP contribution < -0.4 is 20.3 Å². The van der Waals surface area contributed by atoms with Crippen LogP contribution in [0.15, 0.2) is 66.0 Å². The molecule has 0 bridgehead atoms. The molecule has 0 amide bonds. The van der Waals surface area contributed by atoms with Gasteiger partial charge in [-0.15, -0.1) is 0 Å². The Labute approximate surface area is 223 Å². The second kappa shape index (κ2) is 9.97. The van der Waals surface area contributed by atoms with Gasteiger partial charge in [-0.1, -0.05) is 0 Å². The van der Waals surface area contributed by atoms with Crippen LogP contribution in [0.1, 0.15) is 34.6 Å². The van der Waals surface area contributed by atoms with Crippen molar-refractivity contribution < 1.29 is 8.42 Å². The summed E-state index contributed by atoms with van der Waals surface area (Å²) in [4.78, 5) is 16.4. The molecule has 1 fully saturated rings. The quantitative estimate of drug-likeness (QED) is 0.342. The fraction of sp³-hybridized carbons (Fsp3) is 0.370.